The lowest BCUT2D eigenvalue weighted by Crippen LogP contribution is -2.15. The number of nitrogens with zero attached hydrogens (tertiary/aromatic N) is 1. The maximum Gasteiger partial charge on any atom is 0.139 e. The Morgan fingerprint density at radius 3 is 3.05 bits per heavy atom. The normalized spacial score (nSPS) is 17.8. The molecule has 3 heteroatoms. The van der Waals surface area contributed by atoms with E-state index >= 15 is 0 Å². The maximum absolute atomic E-state index is 12.3. The van der Waals surface area contributed by atoms with E-state index in [2.05, 4.69) is 29.2 Å². The quantitative estimate of drug-likeness (QED) is 0.847. The van der Waals surface area contributed by atoms with Crippen molar-refractivity contribution in [3.8, 4) is 0 Å². The fraction of sp³-hybridized carbons (Fsp3) is 0.412. The van der Waals surface area contributed by atoms with E-state index in [0.29, 0.717) is 24.5 Å². The summed E-state index contributed by atoms with van der Waals surface area (Å²) < 4.78 is 0. The molecule has 0 radical (unpaired) electrons. The second-order valence-electron chi connectivity index (χ2n) is 5.57. The third-order valence-electron chi connectivity index (χ3n) is 4.01. The van der Waals surface area contributed by atoms with E-state index in [9.17, 15) is 4.79 Å². The molecule has 1 unspecified atom stereocenters. The van der Waals surface area contributed by atoms with Crippen molar-refractivity contribution in [2.45, 2.75) is 44.9 Å². The highest BCUT2D eigenvalue weighted by Crippen LogP contribution is 2.34. The summed E-state index contributed by atoms with van der Waals surface area (Å²) in [4.78, 5) is 16.7. The third kappa shape index (κ3) is 2.98. The first-order valence-corrected chi connectivity index (χ1v) is 8.11. The minimum absolute atomic E-state index is 0.317. The van der Waals surface area contributed by atoms with Crippen LogP contribution in [-0.2, 0) is 17.6 Å². The van der Waals surface area contributed by atoms with E-state index < -0.39 is 0 Å². The van der Waals surface area contributed by atoms with Crippen LogP contribution in [0.3, 0.4) is 0 Å². The summed E-state index contributed by atoms with van der Waals surface area (Å²) in [6.07, 6.45) is 4.65. The predicted octanol–water partition coefficient (Wildman–Crippen LogP) is 4.07. The van der Waals surface area contributed by atoms with Crippen molar-refractivity contribution in [1.82, 2.24) is 4.98 Å². The van der Waals surface area contributed by atoms with E-state index in [0.717, 1.165) is 23.5 Å². The molecule has 1 aliphatic rings. The lowest BCUT2D eigenvalue weighted by atomic mass is 9.80. The van der Waals surface area contributed by atoms with Crippen LogP contribution >= 0.6 is 11.3 Å². The molecule has 0 aliphatic heterocycles. The van der Waals surface area contributed by atoms with Crippen molar-refractivity contribution in [3.05, 3.63) is 51.5 Å². The molecule has 0 saturated carbocycles. The Bertz CT molecular complexity index is 617. The fourth-order valence-electron chi connectivity index (χ4n) is 3.11. The minimum Gasteiger partial charge on any atom is -0.299 e. The number of carbonyl (C=O) groups excluding carboxylic acids is 1. The van der Waals surface area contributed by atoms with Crippen molar-refractivity contribution in [3.63, 3.8) is 0 Å². The molecule has 0 N–H and O–H groups in total. The molecule has 0 saturated heterocycles. The number of aromatic nitrogens is 1. The van der Waals surface area contributed by atoms with Gasteiger partial charge in [0.2, 0.25) is 0 Å². The molecule has 2 nitrogen and oxygen atoms in total. The average Bonchev–Trinajstić information content (AvgIpc) is 2.84. The van der Waals surface area contributed by atoms with Gasteiger partial charge in [-0.05, 0) is 43.2 Å². The first kappa shape index (κ1) is 13.5. The van der Waals surface area contributed by atoms with Gasteiger partial charge in [0.15, 0.2) is 0 Å². The molecule has 1 aromatic heterocycles. The minimum atomic E-state index is 0.317. The monoisotopic (exact) mass is 285 g/mol. The molecule has 3 rings (SSSR count). The highest BCUT2D eigenvalue weighted by Gasteiger charge is 2.22. The van der Waals surface area contributed by atoms with Gasteiger partial charge in [-0.1, -0.05) is 24.3 Å². The van der Waals surface area contributed by atoms with Crippen LogP contribution in [0, 0.1) is 6.92 Å². The van der Waals surface area contributed by atoms with Crippen molar-refractivity contribution >= 4 is 17.1 Å². The molecule has 0 spiro atoms. The number of benzene rings is 1. The number of carbonyl (C=O) groups is 1. The molecular weight excluding hydrogens is 266 g/mol. The molecule has 0 bridgehead atoms. The maximum atomic E-state index is 12.3. The van der Waals surface area contributed by atoms with Gasteiger partial charge in [0.25, 0.3) is 0 Å². The third-order valence-corrected chi connectivity index (χ3v) is 4.83. The Balaban J connectivity index is 1.68. The van der Waals surface area contributed by atoms with Crippen LogP contribution in [0.25, 0.3) is 0 Å². The lowest BCUT2D eigenvalue weighted by molar-refractivity contribution is -0.118. The number of hydrogen-bond donors (Lipinski definition) is 0. The number of thiazole rings is 1. The predicted molar refractivity (Wildman–Crippen MR) is 82.3 cm³/mol. The van der Waals surface area contributed by atoms with E-state index in [1.165, 1.54) is 17.5 Å². The van der Waals surface area contributed by atoms with Gasteiger partial charge in [-0.3, -0.25) is 4.79 Å². The van der Waals surface area contributed by atoms with Crippen molar-refractivity contribution in [2.24, 2.45) is 0 Å². The van der Waals surface area contributed by atoms with Gasteiger partial charge in [-0.2, -0.15) is 0 Å². The van der Waals surface area contributed by atoms with Crippen molar-refractivity contribution in [2.75, 3.05) is 0 Å². The van der Waals surface area contributed by atoms with E-state index in [4.69, 9.17) is 0 Å². The molecular formula is C17H19NOS. The summed E-state index contributed by atoms with van der Waals surface area (Å²) in [5.74, 6) is 0.726. The molecule has 104 valence electrons. The first-order chi connectivity index (χ1) is 9.72. The second kappa shape index (κ2) is 5.88. The molecule has 0 fully saturated rings. The SMILES string of the molecule is Cc1nc(CC(=O)CC2CCCc3ccccc32)cs1. The summed E-state index contributed by atoms with van der Waals surface area (Å²) in [5.41, 5.74) is 3.75. The standard InChI is InChI=1S/C17H19NOS/c1-12-18-15(11-20-12)10-16(19)9-14-7-4-6-13-5-2-3-8-17(13)14/h2-3,5,8,11,14H,4,6-7,9-10H2,1H3. The highest BCUT2D eigenvalue weighted by atomic mass is 32.1. The van der Waals surface area contributed by atoms with E-state index in [-0.39, 0.29) is 0 Å². The summed E-state index contributed by atoms with van der Waals surface area (Å²) in [6, 6.07) is 8.59. The van der Waals surface area contributed by atoms with Gasteiger partial charge < -0.3 is 0 Å². The zero-order chi connectivity index (χ0) is 13.9. The molecule has 1 aromatic carbocycles. The summed E-state index contributed by atoms with van der Waals surface area (Å²) in [5, 5.41) is 3.04. The lowest BCUT2D eigenvalue weighted by Gasteiger charge is -2.24. The average molecular weight is 285 g/mol. The Morgan fingerprint density at radius 1 is 1.40 bits per heavy atom. The number of rotatable bonds is 4. The topological polar surface area (TPSA) is 30.0 Å². The smallest absolute Gasteiger partial charge is 0.139 e. The Hall–Kier alpha value is -1.48. The van der Waals surface area contributed by atoms with Crippen LogP contribution in [0.4, 0.5) is 0 Å². The molecule has 2 aromatic rings. The van der Waals surface area contributed by atoms with Crippen LogP contribution in [0.2, 0.25) is 0 Å². The van der Waals surface area contributed by atoms with Crippen molar-refractivity contribution in [1.29, 1.82) is 0 Å². The van der Waals surface area contributed by atoms with E-state index in [1.807, 2.05) is 12.3 Å². The van der Waals surface area contributed by atoms with Crippen LogP contribution in [0.1, 0.15) is 47.0 Å². The zero-order valence-corrected chi connectivity index (χ0v) is 12.6. The molecule has 20 heavy (non-hydrogen) atoms. The summed E-state index contributed by atoms with van der Waals surface area (Å²) in [7, 11) is 0. The first-order valence-electron chi connectivity index (χ1n) is 7.23. The van der Waals surface area contributed by atoms with Gasteiger partial charge in [0.1, 0.15) is 5.78 Å². The summed E-state index contributed by atoms with van der Waals surface area (Å²) >= 11 is 1.62. The molecule has 1 aliphatic carbocycles. The number of fused-ring (bicyclic) bond motifs is 1. The molecule has 1 heterocycles. The van der Waals surface area contributed by atoms with Crippen molar-refractivity contribution < 1.29 is 4.79 Å². The van der Waals surface area contributed by atoms with Gasteiger partial charge >= 0.3 is 0 Å². The number of ketones is 1. The fourth-order valence-corrected chi connectivity index (χ4v) is 3.72. The van der Waals surface area contributed by atoms with Gasteiger partial charge in [0, 0.05) is 18.2 Å². The Kier molecular flexibility index (Phi) is 3.97. The summed E-state index contributed by atoms with van der Waals surface area (Å²) in [6.45, 7) is 1.98. The van der Waals surface area contributed by atoms with Gasteiger partial charge in [-0.25, -0.2) is 4.98 Å². The largest absolute Gasteiger partial charge is 0.299 e. The second-order valence-corrected chi connectivity index (χ2v) is 6.63. The van der Waals surface area contributed by atoms with Gasteiger partial charge in [0.05, 0.1) is 10.7 Å². The molecule has 0 amide bonds. The van der Waals surface area contributed by atoms with Crippen LogP contribution < -0.4 is 0 Å². The van der Waals surface area contributed by atoms with Gasteiger partial charge in [-0.15, -0.1) is 11.3 Å². The Labute approximate surface area is 123 Å². The van der Waals surface area contributed by atoms with Crippen LogP contribution in [-0.4, -0.2) is 10.8 Å². The van der Waals surface area contributed by atoms with E-state index in [1.54, 1.807) is 11.3 Å². The number of hydrogen-bond acceptors (Lipinski definition) is 3. The number of Topliss-reactive ketones (excluding diaryl/α,β-unsaturated/α-hetero) is 1. The highest BCUT2D eigenvalue weighted by molar-refractivity contribution is 7.09. The zero-order valence-electron chi connectivity index (χ0n) is 11.8. The Morgan fingerprint density at radius 2 is 2.25 bits per heavy atom. The molecule has 1 atom stereocenters. The van der Waals surface area contributed by atoms with Crippen LogP contribution in [0.5, 0.6) is 0 Å². The van der Waals surface area contributed by atoms with Crippen LogP contribution in [0.15, 0.2) is 29.6 Å². The number of aryl methyl sites for hydroxylation is 2.